The minimum atomic E-state index is -2.59. The molecule has 2 aromatic rings. The second-order valence-corrected chi connectivity index (χ2v) is 8.60. The van der Waals surface area contributed by atoms with Crippen molar-refractivity contribution in [1.29, 1.82) is 0 Å². The lowest BCUT2D eigenvalue weighted by atomic mass is 9.76. The van der Waals surface area contributed by atoms with Crippen LogP contribution in [-0.4, -0.2) is 29.9 Å². The van der Waals surface area contributed by atoms with Crippen molar-refractivity contribution in [3.8, 4) is 11.1 Å². The van der Waals surface area contributed by atoms with Gasteiger partial charge in [0.05, 0.1) is 18.9 Å². The summed E-state index contributed by atoms with van der Waals surface area (Å²) in [7, 11) is 0. The molecule has 1 aliphatic heterocycles. The first-order valence-corrected chi connectivity index (χ1v) is 10.5. The second-order valence-electron chi connectivity index (χ2n) is 8.60. The zero-order chi connectivity index (χ0) is 20.8. The van der Waals surface area contributed by atoms with Gasteiger partial charge in [0, 0.05) is 36.9 Å². The van der Waals surface area contributed by atoms with Gasteiger partial charge in [-0.25, -0.2) is 13.2 Å². The zero-order valence-corrected chi connectivity index (χ0v) is 16.6. The van der Waals surface area contributed by atoms with Crippen molar-refractivity contribution in [2.24, 2.45) is 17.8 Å². The molecule has 3 atom stereocenters. The number of aromatic nitrogens is 1. The van der Waals surface area contributed by atoms with E-state index in [4.69, 9.17) is 9.47 Å². The Morgan fingerprint density at radius 3 is 2.60 bits per heavy atom. The Morgan fingerprint density at radius 1 is 1.03 bits per heavy atom. The van der Waals surface area contributed by atoms with Crippen molar-refractivity contribution in [3.63, 3.8) is 0 Å². The first-order valence-electron chi connectivity index (χ1n) is 10.5. The Morgan fingerprint density at radius 2 is 1.87 bits per heavy atom. The molecule has 2 aliphatic carbocycles. The smallest absolute Gasteiger partial charge is 0.248 e. The minimum absolute atomic E-state index is 0.0641. The SMILES string of the molecule is Fc1cccc(-c2ccc(C=C[C@H]3[C@H]4CCC(F)(F)C[C@@H]4CC34OCCO4)nc2)c1. The van der Waals surface area contributed by atoms with Crippen LogP contribution in [0.15, 0.2) is 48.7 Å². The molecule has 3 aliphatic rings. The summed E-state index contributed by atoms with van der Waals surface area (Å²) in [5, 5.41) is 0. The molecule has 5 rings (SSSR count). The third-order valence-electron chi connectivity index (χ3n) is 6.72. The van der Waals surface area contributed by atoms with E-state index in [0.717, 1.165) is 16.8 Å². The fourth-order valence-corrected chi connectivity index (χ4v) is 5.39. The number of rotatable bonds is 3. The van der Waals surface area contributed by atoms with Gasteiger partial charge in [0.1, 0.15) is 5.82 Å². The number of alkyl halides is 2. The second kappa shape index (κ2) is 7.50. The number of ether oxygens (including phenoxy) is 2. The van der Waals surface area contributed by atoms with E-state index in [1.807, 2.05) is 30.4 Å². The number of nitrogens with zero attached hydrogens (tertiary/aromatic N) is 1. The first kappa shape index (κ1) is 19.8. The van der Waals surface area contributed by atoms with E-state index >= 15 is 0 Å². The lowest BCUT2D eigenvalue weighted by Crippen LogP contribution is -2.36. The molecular formula is C24H24F3NO2. The van der Waals surface area contributed by atoms with Crippen LogP contribution in [0.3, 0.4) is 0 Å². The molecule has 0 bridgehead atoms. The minimum Gasteiger partial charge on any atom is -0.347 e. The number of halogens is 3. The van der Waals surface area contributed by atoms with Crippen molar-refractivity contribution in [3.05, 3.63) is 60.2 Å². The average Bonchev–Trinajstić information content (AvgIpc) is 3.30. The Balaban J connectivity index is 1.37. The summed E-state index contributed by atoms with van der Waals surface area (Å²) >= 11 is 0. The van der Waals surface area contributed by atoms with Crippen LogP contribution >= 0.6 is 0 Å². The van der Waals surface area contributed by atoms with Crippen LogP contribution in [0.5, 0.6) is 0 Å². The summed E-state index contributed by atoms with van der Waals surface area (Å²) in [6.45, 7) is 1.00. The number of benzene rings is 1. The van der Waals surface area contributed by atoms with Crippen LogP contribution in [0.25, 0.3) is 17.2 Å². The Labute approximate surface area is 173 Å². The lowest BCUT2D eigenvalue weighted by Gasteiger charge is -2.34. The summed E-state index contributed by atoms with van der Waals surface area (Å²) in [5.41, 5.74) is 2.36. The van der Waals surface area contributed by atoms with Gasteiger partial charge in [-0.3, -0.25) is 4.98 Å². The molecular weight excluding hydrogens is 391 g/mol. The lowest BCUT2D eigenvalue weighted by molar-refractivity contribution is -0.175. The van der Waals surface area contributed by atoms with Crippen molar-refractivity contribution in [1.82, 2.24) is 4.98 Å². The molecule has 0 radical (unpaired) electrons. The number of fused-ring (bicyclic) bond motifs is 1. The standard InChI is InChI=1S/C24H24F3NO2/c25-19-3-1-2-16(12-19)17-4-5-20(28-15-17)6-7-22-21-8-9-23(26,27)13-18(21)14-24(22)29-10-11-30-24/h1-7,12,15,18,21-22H,8-11,13-14H2/t18-,21+,22+/m1/s1. The predicted molar refractivity (Wildman–Crippen MR) is 107 cm³/mol. The Bertz CT molecular complexity index is 938. The van der Waals surface area contributed by atoms with Gasteiger partial charge in [-0.2, -0.15) is 0 Å². The van der Waals surface area contributed by atoms with Gasteiger partial charge in [0.15, 0.2) is 5.79 Å². The number of hydrogen-bond acceptors (Lipinski definition) is 3. The molecule has 0 unspecified atom stereocenters. The highest BCUT2D eigenvalue weighted by Gasteiger charge is 2.59. The normalized spacial score (nSPS) is 29.5. The highest BCUT2D eigenvalue weighted by Crippen LogP contribution is 2.57. The fourth-order valence-electron chi connectivity index (χ4n) is 5.39. The van der Waals surface area contributed by atoms with Crippen LogP contribution < -0.4 is 0 Å². The van der Waals surface area contributed by atoms with Crippen LogP contribution in [-0.2, 0) is 9.47 Å². The molecule has 1 aromatic carbocycles. The summed E-state index contributed by atoms with van der Waals surface area (Å²) in [5.74, 6) is -3.69. The Hall–Kier alpha value is -2.18. The summed E-state index contributed by atoms with van der Waals surface area (Å²) in [4.78, 5) is 4.48. The van der Waals surface area contributed by atoms with Crippen molar-refractivity contribution >= 4 is 6.08 Å². The number of pyridine rings is 1. The molecule has 6 heteroatoms. The van der Waals surface area contributed by atoms with Crippen molar-refractivity contribution in [2.45, 2.75) is 37.4 Å². The molecule has 158 valence electrons. The van der Waals surface area contributed by atoms with Gasteiger partial charge in [-0.15, -0.1) is 0 Å². The average molecular weight is 415 g/mol. The molecule has 1 saturated heterocycles. The van der Waals surface area contributed by atoms with Gasteiger partial charge >= 0.3 is 0 Å². The molecule has 1 aromatic heterocycles. The first-order chi connectivity index (χ1) is 14.4. The van der Waals surface area contributed by atoms with E-state index in [1.54, 1.807) is 12.3 Å². The highest BCUT2D eigenvalue weighted by atomic mass is 19.3. The third kappa shape index (κ3) is 3.67. The molecule has 3 fully saturated rings. The van der Waals surface area contributed by atoms with E-state index < -0.39 is 11.7 Å². The fraction of sp³-hybridized carbons (Fsp3) is 0.458. The quantitative estimate of drug-likeness (QED) is 0.643. The van der Waals surface area contributed by atoms with Crippen LogP contribution in [0.1, 0.15) is 31.4 Å². The van der Waals surface area contributed by atoms with Crippen molar-refractivity contribution < 1.29 is 22.6 Å². The van der Waals surface area contributed by atoms with Gasteiger partial charge in [0.25, 0.3) is 0 Å². The van der Waals surface area contributed by atoms with Crippen LogP contribution in [0.2, 0.25) is 0 Å². The molecule has 30 heavy (non-hydrogen) atoms. The highest BCUT2D eigenvalue weighted by molar-refractivity contribution is 5.63. The third-order valence-corrected chi connectivity index (χ3v) is 6.72. The molecule has 1 spiro atoms. The van der Waals surface area contributed by atoms with E-state index in [9.17, 15) is 13.2 Å². The van der Waals surface area contributed by atoms with Crippen molar-refractivity contribution in [2.75, 3.05) is 13.2 Å². The van der Waals surface area contributed by atoms with Gasteiger partial charge in [-0.05, 0) is 48.1 Å². The maximum absolute atomic E-state index is 14.0. The largest absolute Gasteiger partial charge is 0.347 e. The molecule has 2 heterocycles. The topological polar surface area (TPSA) is 31.4 Å². The van der Waals surface area contributed by atoms with Gasteiger partial charge < -0.3 is 9.47 Å². The predicted octanol–water partition coefficient (Wildman–Crippen LogP) is 5.72. The molecule has 3 nitrogen and oxygen atoms in total. The molecule has 0 amide bonds. The van der Waals surface area contributed by atoms with E-state index in [0.29, 0.717) is 26.1 Å². The summed E-state index contributed by atoms with van der Waals surface area (Å²) < 4.78 is 53.3. The molecule has 2 saturated carbocycles. The maximum Gasteiger partial charge on any atom is 0.248 e. The van der Waals surface area contributed by atoms with E-state index in [1.165, 1.54) is 12.1 Å². The number of hydrogen-bond donors (Lipinski definition) is 0. The van der Waals surface area contributed by atoms with Crippen LogP contribution in [0.4, 0.5) is 13.2 Å². The summed E-state index contributed by atoms with van der Waals surface area (Å²) in [6, 6.07) is 10.2. The monoisotopic (exact) mass is 415 g/mol. The zero-order valence-electron chi connectivity index (χ0n) is 16.6. The van der Waals surface area contributed by atoms with Gasteiger partial charge in [-0.1, -0.05) is 24.3 Å². The van der Waals surface area contributed by atoms with E-state index in [2.05, 4.69) is 4.98 Å². The van der Waals surface area contributed by atoms with Crippen LogP contribution in [0, 0.1) is 23.6 Å². The van der Waals surface area contributed by atoms with E-state index in [-0.39, 0.29) is 36.4 Å². The molecule has 0 N–H and O–H groups in total. The maximum atomic E-state index is 14.0. The van der Waals surface area contributed by atoms with Gasteiger partial charge in [0.2, 0.25) is 5.92 Å². The summed E-state index contributed by atoms with van der Waals surface area (Å²) in [6.07, 6.45) is 6.50. The Kier molecular flexibility index (Phi) is 4.94.